The lowest BCUT2D eigenvalue weighted by molar-refractivity contribution is -0.156. The van der Waals surface area contributed by atoms with E-state index in [1.165, 1.54) is 24.7 Å². The molecule has 2 heterocycles. The van der Waals surface area contributed by atoms with E-state index in [9.17, 15) is 24.4 Å². The van der Waals surface area contributed by atoms with Crippen LogP contribution in [0.1, 0.15) is 34.6 Å². The molecular formula is C28H37N6O9P. The van der Waals surface area contributed by atoms with Gasteiger partial charge in [-0.05, 0) is 46.1 Å². The molecule has 5 atom stereocenters. The second kappa shape index (κ2) is 13.4. The molecule has 15 nitrogen and oxygen atoms in total. The van der Waals surface area contributed by atoms with Crippen LogP contribution in [0.5, 0.6) is 5.75 Å². The fraction of sp³-hybridized carbons (Fsp3) is 0.429. The van der Waals surface area contributed by atoms with Crippen LogP contribution in [0.4, 0.5) is 5.95 Å². The number of fused-ring (bicyclic) bond motifs is 2. The molecule has 238 valence electrons. The first-order chi connectivity index (χ1) is 20.7. The van der Waals surface area contributed by atoms with Gasteiger partial charge in [0, 0.05) is 5.39 Å². The van der Waals surface area contributed by atoms with Gasteiger partial charge in [0.2, 0.25) is 5.95 Å². The molecule has 0 bridgehead atoms. The summed E-state index contributed by atoms with van der Waals surface area (Å²) in [7, 11) is -4.40. The van der Waals surface area contributed by atoms with Gasteiger partial charge in [0.05, 0.1) is 19.0 Å². The van der Waals surface area contributed by atoms with Crippen molar-refractivity contribution < 1.29 is 38.1 Å². The van der Waals surface area contributed by atoms with Gasteiger partial charge in [0.15, 0.2) is 11.2 Å². The first kappa shape index (κ1) is 33.1. The number of anilines is 1. The highest BCUT2D eigenvalue weighted by atomic mass is 31.2. The molecule has 0 aliphatic carbocycles. The van der Waals surface area contributed by atoms with Crippen molar-refractivity contribution in [3.8, 4) is 5.75 Å². The number of nitrogens with two attached hydrogens (primary N) is 1. The summed E-state index contributed by atoms with van der Waals surface area (Å²) in [5, 5.41) is 25.0. The third kappa shape index (κ3) is 8.20. The lowest BCUT2D eigenvalue weighted by Crippen LogP contribution is -2.42. The number of benzene rings is 2. The number of esters is 1. The van der Waals surface area contributed by atoms with Crippen molar-refractivity contribution in [2.24, 2.45) is 0 Å². The Morgan fingerprint density at radius 2 is 1.86 bits per heavy atom. The molecule has 16 heteroatoms. The largest absolute Gasteiger partial charge is 0.459 e. The molecule has 0 radical (unpaired) electrons. The second-order valence-corrected chi connectivity index (χ2v) is 12.8. The zero-order valence-corrected chi connectivity index (χ0v) is 25.9. The lowest BCUT2D eigenvalue weighted by atomic mass is 10.1. The Bertz CT molecular complexity index is 1710. The molecule has 4 aromatic rings. The summed E-state index contributed by atoms with van der Waals surface area (Å²) >= 11 is 0. The molecule has 0 saturated carbocycles. The van der Waals surface area contributed by atoms with Crippen molar-refractivity contribution in [2.45, 2.75) is 71.3 Å². The molecule has 0 spiro atoms. The Hall–Kier alpha value is -3.85. The predicted molar refractivity (Wildman–Crippen MR) is 162 cm³/mol. The molecule has 0 amide bonds. The number of nitrogens with zero attached hydrogens (tertiary/aromatic N) is 3. The van der Waals surface area contributed by atoms with E-state index < -0.39 is 55.8 Å². The van der Waals surface area contributed by atoms with Gasteiger partial charge in [-0.25, -0.2) is 9.55 Å². The van der Waals surface area contributed by atoms with Crippen LogP contribution in [-0.2, 0) is 30.1 Å². The summed E-state index contributed by atoms with van der Waals surface area (Å²) < 4.78 is 38.5. The number of aliphatic hydroxyl groups is 2. The van der Waals surface area contributed by atoms with Gasteiger partial charge in [0.1, 0.15) is 36.3 Å². The molecule has 44 heavy (non-hydrogen) atoms. The minimum absolute atomic E-state index is 0.0139. The van der Waals surface area contributed by atoms with Crippen molar-refractivity contribution in [3.63, 3.8) is 0 Å². The monoisotopic (exact) mass is 632 g/mol. The third-order valence-corrected chi connectivity index (χ3v) is 7.91. The number of carbonyl (C=O) groups excluding carboxylic acids is 1. The Kier molecular flexibility index (Phi) is 10.1. The summed E-state index contributed by atoms with van der Waals surface area (Å²) in [6.07, 6.45) is -2.79. The number of imidazole rings is 1. The molecule has 2 aromatic carbocycles. The van der Waals surface area contributed by atoms with Gasteiger partial charge in [-0.15, -0.1) is 0 Å². The summed E-state index contributed by atoms with van der Waals surface area (Å²) in [4.78, 5) is 35.3. The normalized spacial score (nSPS) is 16.2. The number of aromatic amines is 1. The van der Waals surface area contributed by atoms with Crippen LogP contribution >= 0.6 is 7.75 Å². The van der Waals surface area contributed by atoms with E-state index in [1.807, 2.05) is 18.2 Å². The van der Waals surface area contributed by atoms with Gasteiger partial charge >= 0.3 is 13.7 Å². The van der Waals surface area contributed by atoms with Crippen molar-refractivity contribution in [3.05, 3.63) is 59.1 Å². The molecular weight excluding hydrogens is 595 g/mol. The van der Waals surface area contributed by atoms with Crippen LogP contribution in [0.15, 0.2) is 53.6 Å². The Morgan fingerprint density at radius 3 is 2.57 bits per heavy atom. The number of aromatic nitrogens is 4. The maximum atomic E-state index is 14.2. The average Bonchev–Trinajstić information content (AvgIpc) is 3.35. The minimum Gasteiger partial charge on any atom is -0.459 e. The topological polar surface area (TPSA) is 213 Å². The van der Waals surface area contributed by atoms with Gasteiger partial charge < -0.3 is 29.9 Å². The maximum absolute atomic E-state index is 14.2. The number of aliphatic hydroxyl groups excluding tert-OH is 2. The van der Waals surface area contributed by atoms with Gasteiger partial charge in [-0.2, -0.15) is 10.1 Å². The maximum Gasteiger partial charge on any atom is 0.459 e. The number of carbonyl (C=O) groups is 1. The number of nitrogen functional groups attached to an aromatic ring is 1. The van der Waals surface area contributed by atoms with Crippen LogP contribution in [-0.4, -0.2) is 72.3 Å². The number of nitrogens with one attached hydrogen (secondary N) is 2. The van der Waals surface area contributed by atoms with E-state index >= 15 is 0 Å². The van der Waals surface area contributed by atoms with E-state index in [0.29, 0.717) is 5.39 Å². The summed E-state index contributed by atoms with van der Waals surface area (Å²) in [5.41, 5.74) is 4.43. The lowest BCUT2D eigenvalue weighted by Gasteiger charge is -2.29. The highest BCUT2D eigenvalue weighted by molar-refractivity contribution is 7.52. The van der Waals surface area contributed by atoms with E-state index in [-0.39, 0.29) is 29.6 Å². The highest BCUT2D eigenvalue weighted by Crippen LogP contribution is 2.47. The van der Waals surface area contributed by atoms with Crippen LogP contribution < -0.4 is 20.9 Å². The molecule has 0 aliphatic heterocycles. The third-order valence-electron chi connectivity index (χ3n) is 6.28. The fourth-order valence-corrected chi connectivity index (χ4v) is 5.66. The SMILES string of the molecule is CC(O)C(O)[C@@H](COP(=O)(N[C@@H](C)C(=O)OC(C)(C)C)Oc1cccc2ccccc12)OCn1cnc2c(=O)[nH]c(N)nc21. The van der Waals surface area contributed by atoms with Gasteiger partial charge in [0.25, 0.3) is 5.56 Å². The molecule has 2 aromatic heterocycles. The van der Waals surface area contributed by atoms with Crippen molar-refractivity contribution in [1.82, 2.24) is 24.6 Å². The second-order valence-electron chi connectivity index (χ2n) is 11.1. The first-order valence-electron chi connectivity index (χ1n) is 13.8. The number of rotatable bonds is 13. The Balaban J connectivity index is 1.60. The molecule has 0 aliphatic rings. The highest BCUT2D eigenvalue weighted by Gasteiger charge is 2.36. The first-order valence-corrected chi connectivity index (χ1v) is 15.3. The summed E-state index contributed by atoms with van der Waals surface area (Å²) in [6.45, 7) is 7.00. The van der Waals surface area contributed by atoms with E-state index in [1.54, 1.807) is 45.0 Å². The van der Waals surface area contributed by atoms with Crippen LogP contribution in [0.3, 0.4) is 0 Å². The Labute approximate surface area is 252 Å². The van der Waals surface area contributed by atoms with Gasteiger partial charge in [-0.3, -0.25) is 23.7 Å². The molecule has 4 rings (SSSR count). The number of ether oxygens (including phenoxy) is 2. The minimum atomic E-state index is -4.40. The van der Waals surface area contributed by atoms with Gasteiger partial charge in [-0.1, -0.05) is 36.4 Å². The van der Waals surface area contributed by atoms with Crippen molar-refractivity contribution >= 4 is 41.6 Å². The average molecular weight is 633 g/mol. The smallest absolute Gasteiger partial charge is 0.459 e. The van der Waals surface area contributed by atoms with E-state index in [0.717, 1.165) is 5.39 Å². The quantitative estimate of drug-likeness (QED) is 0.106. The van der Waals surface area contributed by atoms with Crippen molar-refractivity contribution in [2.75, 3.05) is 12.3 Å². The van der Waals surface area contributed by atoms with Crippen LogP contribution in [0.2, 0.25) is 0 Å². The standard InChI is InChI=1S/C28H37N6O9P/c1-16(26(38)42-28(3,4)5)33-44(39,43-20-12-8-10-18-9-6-7-11-19(18)20)41-13-21(23(36)17(2)35)40-15-34-14-30-22-24(34)31-27(29)32-25(22)37/h6-12,14,16-17,21,23,35-36H,13,15H2,1-5H3,(H,33,39)(H3,29,31,32,37)/t16-,17?,21+,23?,44?/m0/s1. The molecule has 0 fully saturated rings. The van der Waals surface area contributed by atoms with Crippen LogP contribution in [0.25, 0.3) is 21.9 Å². The zero-order chi connectivity index (χ0) is 32.2. The van der Waals surface area contributed by atoms with Crippen molar-refractivity contribution in [1.29, 1.82) is 0 Å². The molecule has 0 saturated heterocycles. The molecule has 3 unspecified atom stereocenters. The zero-order valence-electron chi connectivity index (χ0n) is 25.0. The van der Waals surface area contributed by atoms with E-state index in [4.69, 9.17) is 24.3 Å². The predicted octanol–water partition coefficient (Wildman–Crippen LogP) is 2.46. The van der Waals surface area contributed by atoms with E-state index in [2.05, 4.69) is 20.0 Å². The number of hydrogen-bond donors (Lipinski definition) is 5. The summed E-state index contributed by atoms with van der Waals surface area (Å²) in [6, 6.07) is 11.3. The number of H-pyrrole nitrogens is 1. The number of hydrogen-bond acceptors (Lipinski definition) is 12. The van der Waals surface area contributed by atoms with Crippen LogP contribution in [0, 0.1) is 0 Å². The fourth-order valence-electron chi connectivity index (χ4n) is 4.14. The summed E-state index contributed by atoms with van der Waals surface area (Å²) in [5.74, 6) is -0.624. The Morgan fingerprint density at radius 1 is 1.16 bits per heavy atom. The molecule has 6 N–H and O–H groups in total.